The lowest BCUT2D eigenvalue weighted by Gasteiger charge is -2.21. The number of nitrogens with zero attached hydrogens (tertiary/aromatic N) is 5. The summed E-state index contributed by atoms with van der Waals surface area (Å²) < 4.78 is 8.63. The molecule has 3 aromatic rings. The highest BCUT2D eigenvalue weighted by Crippen LogP contribution is 2.31. The quantitative estimate of drug-likeness (QED) is 0.245. The minimum absolute atomic E-state index is 0.0357. The van der Waals surface area contributed by atoms with Gasteiger partial charge in [0.05, 0.1) is 18.1 Å². The summed E-state index contributed by atoms with van der Waals surface area (Å²) in [5, 5.41) is 4.35. The van der Waals surface area contributed by atoms with Crippen LogP contribution in [0.3, 0.4) is 0 Å². The molecule has 1 atom stereocenters. The lowest BCUT2D eigenvalue weighted by molar-refractivity contribution is 0.0968. The van der Waals surface area contributed by atoms with E-state index in [0.29, 0.717) is 19.6 Å². The Morgan fingerprint density at radius 3 is 2.97 bits per heavy atom. The molecular formula is C23H24BrN5O2S. The van der Waals surface area contributed by atoms with Gasteiger partial charge in [0.15, 0.2) is 11.6 Å². The normalized spacial score (nSPS) is 15.8. The summed E-state index contributed by atoms with van der Waals surface area (Å²) in [5.74, 6) is 1.85. The number of fused-ring (bicyclic) bond motifs is 1. The number of rotatable bonds is 8. The highest BCUT2D eigenvalue weighted by molar-refractivity contribution is 9.10. The maximum absolute atomic E-state index is 12.5. The fraction of sp³-hybridized carbons (Fsp3) is 0.348. The number of ketones is 1. The van der Waals surface area contributed by atoms with Gasteiger partial charge in [-0.25, -0.2) is 14.6 Å². The summed E-state index contributed by atoms with van der Waals surface area (Å²) in [6.45, 7) is 1.10. The summed E-state index contributed by atoms with van der Waals surface area (Å²) in [6.07, 6.45) is 6.25. The first-order valence-electron chi connectivity index (χ1n) is 10.5. The average molecular weight is 514 g/mol. The SMILES string of the molecule is CN1C(=S)[C@@H](CCCCC(=O)c2ncn(Cc3cccc(Br)c3)n2)COc2cccnc21. The molecule has 1 aliphatic rings. The molecule has 0 bridgehead atoms. The molecule has 0 unspecified atom stereocenters. The van der Waals surface area contributed by atoms with Gasteiger partial charge in [0.25, 0.3) is 0 Å². The van der Waals surface area contributed by atoms with Gasteiger partial charge < -0.3 is 9.64 Å². The number of Topliss-reactive ketones (excluding diaryl/α,β-unsaturated/α-hetero) is 1. The molecule has 3 heterocycles. The van der Waals surface area contributed by atoms with Crippen LogP contribution in [0.4, 0.5) is 5.82 Å². The molecule has 0 spiro atoms. The molecule has 0 aliphatic carbocycles. The topological polar surface area (TPSA) is 73.1 Å². The van der Waals surface area contributed by atoms with E-state index < -0.39 is 0 Å². The Kier molecular flexibility index (Phi) is 7.26. The van der Waals surface area contributed by atoms with Crippen molar-refractivity contribution >= 4 is 44.7 Å². The van der Waals surface area contributed by atoms with Crippen LogP contribution < -0.4 is 9.64 Å². The van der Waals surface area contributed by atoms with Crippen LogP contribution in [0.2, 0.25) is 0 Å². The van der Waals surface area contributed by atoms with E-state index in [9.17, 15) is 4.79 Å². The van der Waals surface area contributed by atoms with Gasteiger partial charge in [0, 0.05) is 30.1 Å². The van der Waals surface area contributed by atoms with Crippen molar-refractivity contribution < 1.29 is 9.53 Å². The summed E-state index contributed by atoms with van der Waals surface area (Å²) in [7, 11) is 1.93. The molecule has 1 aromatic carbocycles. The highest BCUT2D eigenvalue weighted by Gasteiger charge is 2.26. The molecule has 32 heavy (non-hydrogen) atoms. The van der Waals surface area contributed by atoms with E-state index in [-0.39, 0.29) is 17.5 Å². The van der Waals surface area contributed by atoms with E-state index in [4.69, 9.17) is 17.0 Å². The minimum Gasteiger partial charge on any atom is -0.489 e. The number of hydrogen-bond acceptors (Lipinski definition) is 6. The third-order valence-corrected chi connectivity index (χ3v) is 6.51. The van der Waals surface area contributed by atoms with E-state index in [2.05, 4.69) is 31.0 Å². The molecule has 166 valence electrons. The van der Waals surface area contributed by atoms with Crippen molar-refractivity contribution in [3.8, 4) is 5.75 Å². The Bertz CT molecular complexity index is 1120. The van der Waals surface area contributed by atoms with Crippen LogP contribution in [0.15, 0.2) is 53.4 Å². The Balaban J connectivity index is 1.25. The van der Waals surface area contributed by atoms with Gasteiger partial charge in [-0.3, -0.25) is 4.79 Å². The van der Waals surface area contributed by atoms with Crippen LogP contribution in [-0.4, -0.2) is 44.2 Å². The van der Waals surface area contributed by atoms with Crippen LogP contribution in [0.5, 0.6) is 5.75 Å². The van der Waals surface area contributed by atoms with E-state index in [1.807, 2.05) is 48.3 Å². The van der Waals surface area contributed by atoms with Crippen molar-refractivity contribution in [2.24, 2.45) is 5.92 Å². The molecule has 1 aliphatic heterocycles. The fourth-order valence-corrected chi connectivity index (χ4v) is 4.42. The van der Waals surface area contributed by atoms with Crippen molar-refractivity contribution in [1.82, 2.24) is 19.7 Å². The van der Waals surface area contributed by atoms with Gasteiger partial charge >= 0.3 is 0 Å². The van der Waals surface area contributed by atoms with Crippen LogP contribution in [-0.2, 0) is 6.54 Å². The molecule has 9 heteroatoms. The maximum atomic E-state index is 12.5. The second-order valence-corrected chi connectivity index (χ2v) is 9.13. The van der Waals surface area contributed by atoms with Crippen molar-refractivity contribution in [1.29, 1.82) is 0 Å². The second kappa shape index (κ2) is 10.3. The van der Waals surface area contributed by atoms with Gasteiger partial charge in [-0.05, 0) is 42.7 Å². The smallest absolute Gasteiger partial charge is 0.217 e. The molecule has 0 fully saturated rings. The monoisotopic (exact) mass is 513 g/mol. The van der Waals surface area contributed by atoms with E-state index in [0.717, 1.165) is 45.9 Å². The van der Waals surface area contributed by atoms with E-state index in [1.54, 1.807) is 17.2 Å². The number of carbonyl (C=O) groups is 1. The Hall–Kier alpha value is -2.65. The van der Waals surface area contributed by atoms with Gasteiger partial charge in [0.2, 0.25) is 11.6 Å². The molecule has 0 radical (unpaired) electrons. The number of hydrogen-bond donors (Lipinski definition) is 0. The Morgan fingerprint density at radius 1 is 1.25 bits per heavy atom. The van der Waals surface area contributed by atoms with Crippen molar-refractivity contribution in [3.63, 3.8) is 0 Å². The first-order chi connectivity index (χ1) is 15.5. The fourth-order valence-electron chi connectivity index (χ4n) is 3.70. The zero-order valence-corrected chi connectivity index (χ0v) is 20.2. The lowest BCUT2D eigenvalue weighted by Crippen LogP contribution is -2.32. The third kappa shape index (κ3) is 5.39. The van der Waals surface area contributed by atoms with Gasteiger partial charge in [-0.2, -0.15) is 0 Å². The van der Waals surface area contributed by atoms with E-state index >= 15 is 0 Å². The first kappa shape index (κ1) is 22.5. The minimum atomic E-state index is -0.0357. The zero-order chi connectivity index (χ0) is 22.5. The standard InChI is InChI=1S/C23H24BrN5O2S/c1-28-22-20(10-5-11-25-22)31-14-17(23(28)32)7-2-3-9-19(30)21-26-15-29(27-21)13-16-6-4-8-18(24)12-16/h4-6,8,10-12,15,17H,2-3,7,9,13-14H2,1H3/t17-/m0/s1. The maximum Gasteiger partial charge on any atom is 0.217 e. The van der Waals surface area contributed by atoms with Gasteiger partial charge in [-0.1, -0.05) is 46.7 Å². The molecule has 0 saturated heterocycles. The predicted octanol–water partition coefficient (Wildman–Crippen LogP) is 4.70. The third-order valence-electron chi connectivity index (χ3n) is 5.41. The largest absolute Gasteiger partial charge is 0.489 e. The molecular weight excluding hydrogens is 490 g/mol. The number of ether oxygens (including phenoxy) is 1. The zero-order valence-electron chi connectivity index (χ0n) is 17.8. The summed E-state index contributed by atoms with van der Waals surface area (Å²) in [6, 6.07) is 11.8. The van der Waals surface area contributed by atoms with Crippen molar-refractivity contribution in [3.05, 3.63) is 64.8 Å². The average Bonchev–Trinajstić information content (AvgIpc) is 3.22. The molecule has 0 saturated carbocycles. The highest BCUT2D eigenvalue weighted by atomic mass is 79.9. The number of unbranched alkanes of at least 4 members (excludes halogenated alkanes) is 1. The van der Waals surface area contributed by atoms with Gasteiger partial charge in [0.1, 0.15) is 6.33 Å². The molecule has 2 aromatic heterocycles. The summed E-state index contributed by atoms with van der Waals surface area (Å²) >= 11 is 9.13. The van der Waals surface area contributed by atoms with E-state index in [1.165, 1.54) is 0 Å². The van der Waals surface area contributed by atoms with Crippen LogP contribution in [0.25, 0.3) is 0 Å². The number of pyridine rings is 1. The number of benzene rings is 1. The summed E-state index contributed by atoms with van der Waals surface area (Å²) in [4.78, 5) is 23.8. The Morgan fingerprint density at radius 2 is 2.12 bits per heavy atom. The van der Waals surface area contributed by atoms with Crippen LogP contribution >= 0.6 is 28.1 Å². The van der Waals surface area contributed by atoms with Gasteiger partial charge in [-0.15, -0.1) is 5.10 Å². The molecule has 0 amide bonds. The number of halogens is 1. The summed E-state index contributed by atoms with van der Waals surface area (Å²) in [5.41, 5.74) is 1.09. The predicted molar refractivity (Wildman–Crippen MR) is 130 cm³/mol. The van der Waals surface area contributed by atoms with Crippen molar-refractivity contribution in [2.75, 3.05) is 18.6 Å². The Labute approximate surface area is 200 Å². The van der Waals surface area contributed by atoms with Crippen molar-refractivity contribution in [2.45, 2.75) is 32.2 Å². The molecule has 7 nitrogen and oxygen atoms in total. The molecule has 4 rings (SSSR count). The van der Waals surface area contributed by atoms with Crippen LogP contribution in [0, 0.1) is 5.92 Å². The number of thiocarbonyl (C=S) groups is 1. The van der Waals surface area contributed by atoms with Crippen LogP contribution in [0.1, 0.15) is 41.9 Å². The number of aromatic nitrogens is 4. The lowest BCUT2D eigenvalue weighted by atomic mass is 10.0. The number of anilines is 1. The first-order valence-corrected chi connectivity index (χ1v) is 11.7. The molecule has 0 N–H and O–H groups in total. The second-order valence-electron chi connectivity index (χ2n) is 7.79. The number of carbonyl (C=O) groups excluding carboxylic acids is 1.